The van der Waals surface area contributed by atoms with Gasteiger partial charge in [0.25, 0.3) is 0 Å². The minimum atomic E-state index is 0.203. The zero-order chi connectivity index (χ0) is 21.6. The molecule has 6 nitrogen and oxygen atoms in total. The number of amides is 1. The van der Waals surface area contributed by atoms with E-state index < -0.39 is 0 Å². The maximum atomic E-state index is 12.5. The van der Waals surface area contributed by atoms with Crippen molar-refractivity contribution in [1.82, 2.24) is 19.6 Å². The number of carbonyl (C=O) groups is 1. The zero-order valence-electron chi connectivity index (χ0n) is 19.0. The van der Waals surface area contributed by atoms with Crippen LogP contribution in [0.2, 0.25) is 0 Å². The maximum absolute atomic E-state index is 12.5. The van der Waals surface area contributed by atoms with E-state index in [2.05, 4.69) is 52.4 Å². The Hall–Kier alpha value is -2.34. The summed E-state index contributed by atoms with van der Waals surface area (Å²) < 4.78 is 8.05. The van der Waals surface area contributed by atoms with Crippen LogP contribution in [-0.2, 0) is 24.9 Å². The van der Waals surface area contributed by atoms with Crippen molar-refractivity contribution < 1.29 is 9.53 Å². The van der Waals surface area contributed by atoms with E-state index in [1.165, 1.54) is 36.8 Å². The second-order valence-electron chi connectivity index (χ2n) is 9.39. The van der Waals surface area contributed by atoms with Crippen LogP contribution in [0.4, 0.5) is 0 Å². The second kappa shape index (κ2) is 10.3. The minimum Gasteiger partial charge on any atom is -0.490 e. The third kappa shape index (κ3) is 6.33. The van der Waals surface area contributed by atoms with Crippen molar-refractivity contribution >= 4 is 5.91 Å². The number of ether oxygens (including phenoxy) is 1. The first-order chi connectivity index (χ1) is 15.0. The van der Waals surface area contributed by atoms with Crippen LogP contribution in [0.5, 0.6) is 5.75 Å². The molecule has 0 spiro atoms. The van der Waals surface area contributed by atoms with Gasteiger partial charge in [-0.3, -0.25) is 14.4 Å². The fourth-order valence-corrected chi connectivity index (χ4v) is 4.91. The van der Waals surface area contributed by atoms with Crippen molar-refractivity contribution in [3.05, 3.63) is 47.8 Å². The van der Waals surface area contributed by atoms with Crippen molar-refractivity contribution in [3.8, 4) is 5.75 Å². The number of hydrogen-bond donors (Lipinski definition) is 0. The molecule has 1 saturated heterocycles. The lowest BCUT2D eigenvalue weighted by molar-refractivity contribution is -0.134. The van der Waals surface area contributed by atoms with Gasteiger partial charge in [-0.25, -0.2) is 0 Å². The molecule has 2 heterocycles. The standard InChI is InChI=1S/C25H36N4O2/c1-27(18-22-16-26-28(2)19-22)17-21-7-9-23(10-8-21)31-24-11-13-29(14-12-24)25(30)15-20-5-3-4-6-20/h7-10,16,19-20,24H,3-6,11-15,17-18H2,1-2H3. The Morgan fingerprint density at radius 1 is 1.06 bits per heavy atom. The summed E-state index contributed by atoms with van der Waals surface area (Å²) in [5.41, 5.74) is 2.49. The lowest BCUT2D eigenvalue weighted by atomic mass is 10.0. The average Bonchev–Trinajstić information content (AvgIpc) is 3.41. The van der Waals surface area contributed by atoms with Gasteiger partial charge >= 0.3 is 0 Å². The molecule has 1 aliphatic carbocycles. The van der Waals surface area contributed by atoms with Gasteiger partial charge in [-0.2, -0.15) is 5.10 Å². The predicted octanol–water partition coefficient (Wildman–Crippen LogP) is 4.00. The van der Waals surface area contributed by atoms with E-state index >= 15 is 0 Å². The number of carbonyl (C=O) groups excluding carboxylic acids is 1. The molecule has 2 aliphatic rings. The zero-order valence-corrected chi connectivity index (χ0v) is 19.0. The number of rotatable bonds is 8. The highest BCUT2D eigenvalue weighted by molar-refractivity contribution is 5.76. The normalized spacial score (nSPS) is 18.1. The summed E-state index contributed by atoms with van der Waals surface area (Å²) >= 11 is 0. The van der Waals surface area contributed by atoms with E-state index in [1.54, 1.807) is 0 Å². The van der Waals surface area contributed by atoms with Crippen LogP contribution in [-0.4, -0.2) is 51.7 Å². The maximum Gasteiger partial charge on any atom is 0.222 e. The van der Waals surface area contributed by atoms with Crippen molar-refractivity contribution in [2.75, 3.05) is 20.1 Å². The molecule has 4 rings (SSSR count). The number of nitrogens with zero attached hydrogens (tertiary/aromatic N) is 4. The van der Waals surface area contributed by atoms with Crippen LogP contribution in [0.1, 0.15) is 56.1 Å². The molecule has 1 aromatic heterocycles. The Morgan fingerprint density at radius 3 is 2.39 bits per heavy atom. The van der Waals surface area contributed by atoms with Gasteiger partial charge in [-0.1, -0.05) is 25.0 Å². The van der Waals surface area contributed by atoms with Gasteiger partial charge in [0, 0.05) is 64.2 Å². The molecule has 0 radical (unpaired) electrons. The fraction of sp³-hybridized carbons (Fsp3) is 0.600. The van der Waals surface area contributed by atoms with Crippen molar-refractivity contribution in [2.45, 2.75) is 64.1 Å². The number of aromatic nitrogens is 2. The summed E-state index contributed by atoms with van der Waals surface area (Å²) in [7, 11) is 4.07. The highest BCUT2D eigenvalue weighted by Crippen LogP contribution is 2.29. The van der Waals surface area contributed by atoms with Crippen molar-refractivity contribution in [1.29, 1.82) is 0 Å². The van der Waals surface area contributed by atoms with Gasteiger partial charge in [-0.05, 0) is 43.5 Å². The largest absolute Gasteiger partial charge is 0.490 e. The average molecular weight is 425 g/mol. The number of likely N-dealkylation sites (tertiary alicyclic amines) is 1. The van der Waals surface area contributed by atoms with E-state index in [-0.39, 0.29) is 6.10 Å². The van der Waals surface area contributed by atoms with Crippen molar-refractivity contribution in [3.63, 3.8) is 0 Å². The SMILES string of the molecule is CN(Cc1ccc(OC2CCN(C(=O)CC3CCCC3)CC2)cc1)Cc1cnn(C)c1. The second-order valence-corrected chi connectivity index (χ2v) is 9.39. The summed E-state index contributed by atoms with van der Waals surface area (Å²) in [6, 6.07) is 8.44. The summed E-state index contributed by atoms with van der Waals surface area (Å²) in [5.74, 6) is 1.91. The smallest absolute Gasteiger partial charge is 0.222 e. The molecule has 1 aromatic carbocycles. The van der Waals surface area contributed by atoms with Crippen LogP contribution in [0, 0.1) is 5.92 Å². The summed E-state index contributed by atoms with van der Waals surface area (Å²) in [6.45, 7) is 3.42. The van der Waals surface area contributed by atoms with Gasteiger partial charge < -0.3 is 9.64 Å². The van der Waals surface area contributed by atoms with E-state index in [0.29, 0.717) is 11.8 Å². The quantitative estimate of drug-likeness (QED) is 0.643. The van der Waals surface area contributed by atoms with Gasteiger partial charge in [0.1, 0.15) is 11.9 Å². The molecule has 1 amide bonds. The molecule has 1 aliphatic heterocycles. The third-order valence-corrected chi connectivity index (χ3v) is 6.62. The summed E-state index contributed by atoms with van der Waals surface area (Å²) in [6.07, 6.45) is 11.8. The van der Waals surface area contributed by atoms with Crippen LogP contribution < -0.4 is 4.74 Å². The first-order valence-electron chi connectivity index (χ1n) is 11.7. The lowest BCUT2D eigenvalue weighted by Gasteiger charge is -2.33. The van der Waals surface area contributed by atoms with E-state index in [9.17, 15) is 4.79 Å². The van der Waals surface area contributed by atoms with E-state index in [0.717, 1.165) is 51.2 Å². The van der Waals surface area contributed by atoms with Gasteiger partial charge in [0.2, 0.25) is 5.91 Å². The number of benzene rings is 1. The molecule has 1 saturated carbocycles. The molecule has 2 fully saturated rings. The predicted molar refractivity (Wildman–Crippen MR) is 122 cm³/mol. The first kappa shape index (κ1) is 21.9. The Labute approximate surface area is 186 Å². The third-order valence-electron chi connectivity index (χ3n) is 6.62. The lowest BCUT2D eigenvalue weighted by Crippen LogP contribution is -2.42. The fourth-order valence-electron chi connectivity index (χ4n) is 4.91. The number of hydrogen-bond acceptors (Lipinski definition) is 4. The van der Waals surface area contributed by atoms with E-state index in [4.69, 9.17) is 4.74 Å². The Morgan fingerprint density at radius 2 is 1.74 bits per heavy atom. The van der Waals surface area contributed by atoms with Crippen LogP contribution in [0.25, 0.3) is 0 Å². The van der Waals surface area contributed by atoms with Crippen LogP contribution in [0.3, 0.4) is 0 Å². The van der Waals surface area contributed by atoms with E-state index in [1.807, 2.05) is 17.9 Å². The molecular weight excluding hydrogens is 388 g/mol. The molecule has 6 heteroatoms. The molecule has 0 bridgehead atoms. The molecule has 31 heavy (non-hydrogen) atoms. The van der Waals surface area contributed by atoms with Gasteiger partial charge in [0.15, 0.2) is 0 Å². The highest BCUT2D eigenvalue weighted by Gasteiger charge is 2.26. The van der Waals surface area contributed by atoms with Crippen LogP contribution in [0.15, 0.2) is 36.7 Å². The molecule has 0 N–H and O–H groups in total. The Balaban J connectivity index is 1.19. The topological polar surface area (TPSA) is 50.6 Å². The monoisotopic (exact) mass is 424 g/mol. The first-order valence-corrected chi connectivity index (χ1v) is 11.7. The Kier molecular flexibility index (Phi) is 7.28. The van der Waals surface area contributed by atoms with Crippen LogP contribution >= 0.6 is 0 Å². The minimum absolute atomic E-state index is 0.203. The molecule has 0 atom stereocenters. The highest BCUT2D eigenvalue weighted by atomic mass is 16.5. The Bertz CT molecular complexity index is 833. The van der Waals surface area contributed by atoms with Gasteiger partial charge in [0.05, 0.1) is 6.20 Å². The molecular formula is C25H36N4O2. The number of aryl methyl sites for hydroxylation is 1. The molecule has 168 valence electrons. The van der Waals surface area contributed by atoms with Gasteiger partial charge in [-0.15, -0.1) is 0 Å². The molecule has 0 unspecified atom stereocenters. The molecule has 2 aromatic rings. The summed E-state index contributed by atoms with van der Waals surface area (Å²) in [5, 5.41) is 4.23. The van der Waals surface area contributed by atoms with Crippen molar-refractivity contribution in [2.24, 2.45) is 13.0 Å². The summed E-state index contributed by atoms with van der Waals surface area (Å²) in [4.78, 5) is 16.9. The number of piperidine rings is 1.